The summed E-state index contributed by atoms with van der Waals surface area (Å²) in [6.07, 6.45) is 2.56. The van der Waals surface area contributed by atoms with Gasteiger partial charge in [0, 0.05) is 23.4 Å². The number of nitrogens with two attached hydrogens (primary N) is 1. The molecule has 0 aliphatic carbocycles. The van der Waals surface area contributed by atoms with Crippen LogP contribution in [-0.2, 0) is 6.42 Å². The highest BCUT2D eigenvalue weighted by Crippen LogP contribution is 2.20. The maximum Gasteiger partial charge on any atom is 0.0944 e. The van der Waals surface area contributed by atoms with Gasteiger partial charge in [0.1, 0.15) is 0 Å². The van der Waals surface area contributed by atoms with Gasteiger partial charge in [-0.3, -0.25) is 16.3 Å². The van der Waals surface area contributed by atoms with Gasteiger partial charge in [0.2, 0.25) is 0 Å². The molecule has 5 heteroatoms. The molecule has 0 aliphatic rings. The van der Waals surface area contributed by atoms with E-state index in [1.54, 1.807) is 17.5 Å². The Morgan fingerprint density at radius 2 is 2.11 bits per heavy atom. The molecule has 3 rings (SSSR count). The molecule has 0 radical (unpaired) electrons. The summed E-state index contributed by atoms with van der Waals surface area (Å²) in [4.78, 5) is 8.95. The lowest BCUT2D eigenvalue weighted by atomic mass is 10.1. The van der Waals surface area contributed by atoms with Crippen molar-refractivity contribution in [3.8, 4) is 0 Å². The molecule has 96 valence electrons. The predicted molar refractivity (Wildman–Crippen MR) is 77.6 cm³/mol. The summed E-state index contributed by atoms with van der Waals surface area (Å²) in [6.45, 7) is 0. The summed E-state index contributed by atoms with van der Waals surface area (Å²) in [5, 5.41) is 4.16. The third-order valence-electron chi connectivity index (χ3n) is 3.04. The first-order chi connectivity index (χ1) is 9.36. The van der Waals surface area contributed by atoms with Crippen LogP contribution in [0.2, 0.25) is 0 Å². The van der Waals surface area contributed by atoms with Gasteiger partial charge in [0.15, 0.2) is 0 Å². The van der Waals surface area contributed by atoms with Crippen molar-refractivity contribution in [1.82, 2.24) is 15.4 Å². The van der Waals surface area contributed by atoms with Gasteiger partial charge in [-0.25, -0.2) is 4.98 Å². The molecule has 1 unspecified atom stereocenters. The summed E-state index contributed by atoms with van der Waals surface area (Å²) < 4.78 is 0. The van der Waals surface area contributed by atoms with Gasteiger partial charge in [0.25, 0.3) is 0 Å². The molecule has 0 aliphatic heterocycles. The largest absolute Gasteiger partial charge is 0.271 e. The first-order valence-electron chi connectivity index (χ1n) is 6.07. The van der Waals surface area contributed by atoms with Crippen LogP contribution in [0.15, 0.2) is 48.0 Å². The number of nitrogens with one attached hydrogen (secondary N) is 1. The lowest BCUT2D eigenvalue weighted by molar-refractivity contribution is 0.539. The number of hydrogen-bond donors (Lipinski definition) is 2. The molecule has 0 amide bonds. The molecule has 4 nitrogen and oxygen atoms in total. The van der Waals surface area contributed by atoms with Gasteiger partial charge in [-0.05, 0) is 12.1 Å². The Kier molecular flexibility index (Phi) is 3.50. The molecule has 0 saturated heterocycles. The summed E-state index contributed by atoms with van der Waals surface area (Å²) in [7, 11) is 0. The Labute approximate surface area is 115 Å². The molecular formula is C14H14N4S. The molecule has 0 spiro atoms. The lowest BCUT2D eigenvalue weighted by Gasteiger charge is -2.14. The molecule has 0 fully saturated rings. The zero-order valence-corrected chi connectivity index (χ0v) is 11.1. The van der Waals surface area contributed by atoms with E-state index in [0.717, 1.165) is 28.0 Å². The van der Waals surface area contributed by atoms with Crippen LogP contribution in [0.25, 0.3) is 10.9 Å². The number of para-hydroxylation sites is 1. The average Bonchev–Trinajstić information content (AvgIpc) is 2.97. The molecule has 19 heavy (non-hydrogen) atoms. The highest BCUT2D eigenvalue weighted by atomic mass is 32.1. The summed E-state index contributed by atoms with van der Waals surface area (Å²) in [5.41, 5.74) is 4.75. The van der Waals surface area contributed by atoms with E-state index in [0.29, 0.717) is 0 Å². The second-order valence-electron chi connectivity index (χ2n) is 4.28. The molecular weight excluding hydrogens is 256 g/mol. The van der Waals surface area contributed by atoms with E-state index in [-0.39, 0.29) is 6.04 Å². The maximum absolute atomic E-state index is 5.65. The van der Waals surface area contributed by atoms with Gasteiger partial charge in [-0.1, -0.05) is 24.3 Å². The van der Waals surface area contributed by atoms with Crippen molar-refractivity contribution in [1.29, 1.82) is 0 Å². The smallest absolute Gasteiger partial charge is 0.0944 e. The highest BCUT2D eigenvalue weighted by molar-refractivity contribution is 7.09. The maximum atomic E-state index is 5.65. The molecule has 3 aromatic rings. The van der Waals surface area contributed by atoms with E-state index in [1.807, 2.05) is 29.6 Å². The van der Waals surface area contributed by atoms with Crippen molar-refractivity contribution in [2.75, 3.05) is 0 Å². The van der Waals surface area contributed by atoms with Crippen LogP contribution in [0, 0.1) is 0 Å². The summed E-state index contributed by atoms with van der Waals surface area (Å²) in [6, 6.07) is 12.1. The Morgan fingerprint density at radius 3 is 2.89 bits per heavy atom. The zero-order valence-electron chi connectivity index (χ0n) is 10.3. The first kappa shape index (κ1) is 12.2. The van der Waals surface area contributed by atoms with E-state index in [2.05, 4.69) is 27.5 Å². The predicted octanol–water partition coefficient (Wildman–Crippen LogP) is 2.44. The second-order valence-corrected chi connectivity index (χ2v) is 5.26. The van der Waals surface area contributed by atoms with Crippen LogP contribution in [0.1, 0.15) is 16.7 Å². The number of nitrogens with zero attached hydrogens (tertiary/aromatic N) is 2. The Morgan fingerprint density at radius 1 is 1.21 bits per heavy atom. The van der Waals surface area contributed by atoms with Crippen molar-refractivity contribution in [2.24, 2.45) is 5.84 Å². The SMILES string of the molecule is NNC(Cc1nccs1)c1ccc2ccccc2n1. The van der Waals surface area contributed by atoms with Crippen LogP contribution in [0.3, 0.4) is 0 Å². The monoisotopic (exact) mass is 270 g/mol. The minimum Gasteiger partial charge on any atom is -0.271 e. The number of aromatic nitrogens is 2. The molecule has 2 heterocycles. The number of pyridine rings is 1. The topological polar surface area (TPSA) is 63.8 Å². The molecule has 3 N–H and O–H groups in total. The fourth-order valence-electron chi connectivity index (χ4n) is 2.05. The second kappa shape index (κ2) is 5.44. The van der Waals surface area contributed by atoms with Crippen molar-refractivity contribution in [3.05, 3.63) is 58.7 Å². The van der Waals surface area contributed by atoms with Crippen LogP contribution in [0.5, 0.6) is 0 Å². The van der Waals surface area contributed by atoms with Crippen LogP contribution < -0.4 is 11.3 Å². The Balaban J connectivity index is 1.92. The number of hydrazine groups is 1. The van der Waals surface area contributed by atoms with Crippen molar-refractivity contribution in [2.45, 2.75) is 12.5 Å². The van der Waals surface area contributed by atoms with Gasteiger partial charge in [0.05, 0.1) is 22.3 Å². The average molecular weight is 270 g/mol. The van der Waals surface area contributed by atoms with E-state index < -0.39 is 0 Å². The standard InChI is InChI=1S/C14H14N4S/c15-18-13(9-14-16-7-8-19-14)12-6-5-10-3-1-2-4-11(10)17-12/h1-8,13,18H,9,15H2. The van der Waals surface area contributed by atoms with Crippen molar-refractivity contribution >= 4 is 22.2 Å². The van der Waals surface area contributed by atoms with E-state index in [9.17, 15) is 0 Å². The molecule has 0 saturated carbocycles. The molecule has 1 atom stereocenters. The van der Waals surface area contributed by atoms with E-state index >= 15 is 0 Å². The van der Waals surface area contributed by atoms with Gasteiger partial charge < -0.3 is 0 Å². The van der Waals surface area contributed by atoms with E-state index in [4.69, 9.17) is 5.84 Å². The number of rotatable bonds is 4. The quantitative estimate of drug-likeness (QED) is 0.564. The van der Waals surface area contributed by atoms with E-state index in [1.165, 1.54) is 0 Å². The zero-order chi connectivity index (χ0) is 13.1. The Bertz CT molecular complexity index is 666. The van der Waals surface area contributed by atoms with Crippen LogP contribution >= 0.6 is 11.3 Å². The number of thiazole rings is 1. The number of benzene rings is 1. The lowest BCUT2D eigenvalue weighted by Crippen LogP contribution is -2.30. The molecule has 0 bridgehead atoms. The number of hydrogen-bond acceptors (Lipinski definition) is 5. The summed E-state index contributed by atoms with van der Waals surface area (Å²) >= 11 is 1.63. The summed E-state index contributed by atoms with van der Waals surface area (Å²) in [5.74, 6) is 5.65. The van der Waals surface area contributed by atoms with Gasteiger partial charge >= 0.3 is 0 Å². The van der Waals surface area contributed by atoms with Gasteiger partial charge in [-0.2, -0.15) is 0 Å². The fourth-order valence-corrected chi connectivity index (χ4v) is 2.72. The highest BCUT2D eigenvalue weighted by Gasteiger charge is 2.13. The Hall–Kier alpha value is -1.82. The van der Waals surface area contributed by atoms with Gasteiger partial charge in [-0.15, -0.1) is 11.3 Å². The van der Waals surface area contributed by atoms with Crippen LogP contribution in [-0.4, -0.2) is 9.97 Å². The number of fused-ring (bicyclic) bond motifs is 1. The third kappa shape index (κ3) is 2.63. The minimum absolute atomic E-state index is 0.0178. The van der Waals surface area contributed by atoms with Crippen LogP contribution in [0.4, 0.5) is 0 Å². The van der Waals surface area contributed by atoms with Crippen molar-refractivity contribution < 1.29 is 0 Å². The normalized spacial score (nSPS) is 12.7. The minimum atomic E-state index is -0.0178. The third-order valence-corrected chi connectivity index (χ3v) is 3.84. The van der Waals surface area contributed by atoms with Crippen molar-refractivity contribution in [3.63, 3.8) is 0 Å². The first-order valence-corrected chi connectivity index (χ1v) is 6.95. The molecule has 2 aromatic heterocycles. The fraction of sp³-hybridized carbons (Fsp3) is 0.143. The molecule has 1 aromatic carbocycles.